The number of nitrogens with zero attached hydrogens (tertiary/aromatic N) is 2. The van der Waals surface area contributed by atoms with Gasteiger partial charge in [-0.15, -0.1) is 0 Å². The average Bonchev–Trinajstić information content (AvgIpc) is 2.03. The van der Waals surface area contributed by atoms with E-state index in [1.165, 1.54) is 18.3 Å². The first kappa shape index (κ1) is 9.47. The summed E-state index contributed by atoms with van der Waals surface area (Å²) in [7, 11) is 3.60. The zero-order valence-corrected chi connectivity index (χ0v) is 7.48. The van der Waals surface area contributed by atoms with Crippen LogP contribution in [0.1, 0.15) is 10.4 Å². The number of anilines is 1. The van der Waals surface area contributed by atoms with Crippen LogP contribution >= 0.6 is 0 Å². The highest BCUT2D eigenvalue weighted by Crippen LogP contribution is 2.06. The summed E-state index contributed by atoms with van der Waals surface area (Å²) in [6, 6.07) is 2.92. The van der Waals surface area contributed by atoms with Crippen molar-refractivity contribution in [3.63, 3.8) is 0 Å². The fourth-order valence-electron chi connectivity index (χ4n) is 0.854. The second-order valence-electron chi connectivity index (χ2n) is 2.74. The van der Waals surface area contributed by atoms with Crippen LogP contribution < -0.4 is 5.43 Å². The third kappa shape index (κ3) is 2.72. The zero-order chi connectivity index (χ0) is 9.84. The van der Waals surface area contributed by atoms with Gasteiger partial charge >= 0.3 is 5.97 Å². The van der Waals surface area contributed by atoms with Gasteiger partial charge in [-0.3, -0.25) is 0 Å². The molecule has 0 saturated carbocycles. The summed E-state index contributed by atoms with van der Waals surface area (Å²) in [6.07, 6.45) is 1.45. The molecule has 0 atom stereocenters. The number of carboxylic acids is 1. The molecular weight excluding hydrogens is 170 g/mol. The van der Waals surface area contributed by atoms with Crippen LogP contribution in [0, 0.1) is 0 Å². The molecule has 0 spiro atoms. The molecule has 0 aromatic carbocycles. The Morgan fingerprint density at radius 1 is 1.62 bits per heavy atom. The Morgan fingerprint density at radius 2 is 2.31 bits per heavy atom. The van der Waals surface area contributed by atoms with E-state index in [1.54, 1.807) is 19.1 Å². The van der Waals surface area contributed by atoms with Gasteiger partial charge in [-0.1, -0.05) is 0 Å². The normalized spacial score (nSPS) is 10.1. The van der Waals surface area contributed by atoms with E-state index in [2.05, 4.69) is 10.4 Å². The maximum absolute atomic E-state index is 10.6. The summed E-state index contributed by atoms with van der Waals surface area (Å²) in [5.74, 6) is -0.436. The molecule has 0 fully saturated rings. The van der Waals surface area contributed by atoms with Crippen LogP contribution in [-0.4, -0.2) is 35.2 Å². The molecule has 0 aliphatic rings. The van der Waals surface area contributed by atoms with Crippen molar-refractivity contribution in [2.45, 2.75) is 0 Å². The van der Waals surface area contributed by atoms with Crippen molar-refractivity contribution in [1.82, 2.24) is 9.99 Å². The van der Waals surface area contributed by atoms with Gasteiger partial charge in [0.25, 0.3) is 0 Å². The summed E-state index contributed by atoms with van der Waals surface area (Å²) in [5, 5.41) is 10.4. The van der Waals surface area contributed by atoms with Gasteiger partial charge in [-0.2, -0.15) is 0 Å². The Morgan fingerprint density at radius 3 is 2.85 bits per heavy atom. The van der Waals surface area contributed by atoms with Crippen LogP contribution in [0.5, 0.6) is 0 Å². The van der Waals surface area contributed by atoms with Crippen molar-refractivity contribution in [1.29, 1.82) is 0 Å². The fraction of sp³-hybridized carbons (Fsp3) is 0.250. The van der Waals surface area contributed by atoms with E-state index in [0.717, 1.165) is 0 Å². The number of hydrogen-bond donors (Lipinski definition) is 2. The minimum absolute atomic E-state index is 0.222. The maximum Gasteiger partial charge on any atom is 0.335 e. The smallest absolute Gasteiger partial charge is 0.335 e. The summed E-state index contributed by atoms with van der Waals surface area (Å²) >= 11 is 0. The molecule has 1 aromatic heterocycles. The van der Waals surface area contributed by atoms with Gasteiger partial charge in [-0.05, 0) is 12.1 Å². The Labute approximate surface area is 76.0 Å². The van der Waals surface area contributed by atoms with E-state index in [-0.39, 0.29) is 5.56 Å². The molecule has 0 radical (unpaired) electrons. The van der Waals surface area contributed by atoms with Crippen molar-refractivity contribution in [3.8, 4) is 0 Å². The van der Waals surface area contributed by atoms with E-state index in [9.17, 15) is 4.79 Å². The molecule has 0 aliphatic heterocycles. The molecule has 0 bridgehead atoms. The number of carbonyl (C=O) groups is 1. The number of pyridine rings is 1. The topological polar surface area (TPSA) is 65.5 Å². The van der Waals surface area contributed by atoms with Crippen molar-refractivity contribution in [2.75, 3.05) is 19.5 Å². The number of aromatic carboxylic acids is 1. The van der Waals surface area contributed by atoms with Crippen LogP contribution in [-0.2, 0) is 0 Å². The lowest BCUT2D eigenvalue weighted by Crippen LogP contribution is -2.20. The highest BCUT2D eigenvalue weighted by atomic mass is 16.4. The second kappa shape index (κ2) is 3.86. The van der Waals surface area contributed by atoms with E-state index in [0.29, 0.717) is 5.82 Å². The van der Waals surface area contributed by atoms with Crippen LogP contribution in [0.25, 0.3) is 0 Å². The Bertz CT molecular complexity index is 312. The van der Waals surface area contributed by atoms with Crippen molar-refractivity contribution >= 4 is 11.8 Å². The Hall–Kier alpha value is -1.62. The zero-order valence-electron chi connectivity index (χ0n) is 7.48. The lowest BCUT2D eigenvalue weighted by molar-refractivity contribution is 0.0697. The predicted octanol–water partition coefficient (Wildman–Crippen LogP) is 0.668. The number of hydrogen-bond acceptors (Lipinski definition) is 4. The minimum atomic E-state index is -0.954. The molecule has 2 N–H and O–H groups in total. The Kier molecular flexibility index (Phi) is 2.81. The first-order valence-electron chi connectivity index (χ1n) is 3.73. The second-order valence-corrected chi connectivity index (χ2v) is 2.74. The molecular formula is C8H11N3O2. The first-order valence-corrected chi connectivity index (χ1v) is 3.73. The van der Waals surface area contributed by atoms with E-state index < -0.39 is 5.97 Å². The van der Waals surface area contributed by atoms with E-state index >= 15 is 0 Å². The van der Waals surface area contributed by atoms with Gasteiger partial charge < -0.3 is 10.5 Å². The average molecular weight is 181 g/mol. The molecule has 0 saturated heterocycles. The van der Waals surface area contributed by atoms with Gasteiger partial charge in [0.05, 0.1) is 5.56 Å². The molecule has 1 rings (SSSR count). The molecule has 0 amide bonds. The quantitative estimate of drug-likeness (QED) is 0.671. The third-order valence-electron chi connectivity index (χ3n) is 1.35. The number of carboxylic acid groups (broad SMARTS) is 1. The van der Waals surface area contributed by atoms with Crippen LogP contribution in [0.15, 0.2) is 18.3 Å². The lowest BCUT2D eigenvalue weighted by Gasteiger charge is -2.12. The third-order valence-corrected chi connectivity index (χ3v) is 1.35. The largest absolute Gasteiger partial charge is 0.478 e. The van der Waals surface area contributed by atoms with Crippen LogP contribution in [0.3, 0.4) is 0 Å². The highest BCUT2D eigenvalue weighted by molar-refractivity contribution is 5.88. The monoisotopic (exact) mass is 181 g/mol. The van der Waals surface area contributed by atoms with Crippen molar-refractivity contribution < 1.29 is 9.90 Å². The molecule has 5 nitrogen and oxygen atoms in total. The van der Waals surface area contributed by atoms with Gasteiger partial charge in [0.2, 0.25) is 0 Å². The molecule has 5 heteroatoms. The molecule has 13 heavy (non-hydrogen) atoms. The van der Waals surface area contributed by atoms with E-state index in [4.69, 9.17) is 5.11 Å². The SMILES string of the molecule is CN(C)Nc1cc(C(=O)O)ccn1. The number of rotatable bonds is 3. The van der Waals surface area contributed by atoms with Gasteiger partial charge in [0, 0.05) is 20.3 Å². The molecule has 0 aliphatic carbocycles. The fourth-order valence-corrected chi connectivity index (χ4v) is 0.854. The summed E-state index contributed by atoms with van der Waals surface area (Å²) in [6.45, 7) is 0. The van der Waals surface area contributed by atoms with Gasteiger partial charge in [-0.25, -0.2) is 14.8 Å². The molecule has 1 aromatic rings. The molecule has 0 unspecified atom stereocenters. The highest BCUT2D eigenvalue weighted by Gasteiger charge is 2.03. The minimum Gasteiger partial charge on any atom is -0.478 e. The summed E-state index contributed by atoms with van der Waals surface area (Å²) in [5.41, 5.74) is 3.08. The maximum atomic E-state index is 10.6. The van der Waals surface area contributed by atoms with Crippen LogP contribution in [0.4, 0.5) is 5.82 Å². The Balaban J connectivity index is 2.85. The number of nitrogens with one attached hydrogen (secondary N) is 1. The number of aromatic nitrogens is 1. The van der Waals surface area contributed by atoms with E-state index in [1.807, 2.05) is 0 Å². The lowest BCUT2D eigenvalue weighted by atomic mass is 10.3. The molecule has 70 valence electrons. The van der Waals surface area contributed by atoms with Crippen LogP contribution in [0.2, 0.25) is 0 Å². The summed E-state index contributed by atoms with van der Waals surface area (Å²) < 4.78 is 0. The first-order chi connectivity index (χ1) is 6.09. The number of hydrazine groups is 1. The van der Waals surface area contributed by atoms with Gasteiger partial charge in [0.15, 0.2) is 0 Å². The van der Waals surface area contributed by atoms with Gasteiger partial charge in [0.1, 0.15) is 5.82 Å². The summed E-state index contributed by atoms with van der Waals surface area (Å²) in [4.78, 5) is 14.5. The van der Waals surface area contributed by atoms with Crippen molar-refractivity contribution in [3.05, 3.63) is 23.9 Å². The standard InChI is InChI=1S/C8H11N3O2/c1-11(2)10-7-5-6(8(12)13)3-4-9-7/h3-5H,1-2H3,(H,9,10)(H,12,13). The van der Waals surface area contributed by atoms with Crippen molar-refractivity contribution in [2.24, 2.45) is 0 Å². The predicted molar refractivity (Wildman–Crippen MR) is 48.5 cm³/mol. The molecule has 1 heterocycles.